The predicted molar refractivity (Wildman–Crippen MR) is 79.4 cm³/mol. The van der Waals surface area contributed by atoms with Gasteiger partial charge in [0.1, 0.15) is 0 Å². The summed E-state index contributed by atoms with van der Waals surface area (Å²) in [6.07, 6.45) is 1.11. The van der Waals surface area contributed by atoms with Gasteiger partial charge in [-0.05, 0) is 24.5 Å². The van der Waals surface area contributed by atoms with Crippen LogP contribution in [0, 0.1) is 0 Å². The molecule has 1 N–H and O–H groups in total. The topological polar surface area (TPSA) is 24.5 Å². The molecule has 2 rings (SSSR count). The highest BCUT2D eigenvalue weighted by Crippen LogP contribution is 2.05. The van der Waals surface area contributed by atoms with Crippen molar-refractivity contribution in [2.24, 2.45) is 0 Å². The SMILES string of the molecule is CCc1ccc(CNC(C)CN2CCOCC2)cc1. The van der Waals surface area contributed by atoms with Gasteiger partial charge in [-0.25, -0.2) is 0 Å². The smallest absolute Gasteiger partial charge is 0.0594 e. The molecule has 19 heavy (non-hydrogen) atoms. The zero-order valence-electron chi connectivity index (χ0n) is 12.2. The minimum absolute atomic E-state index is 0.518. The number of morpholine rings is 1. The lowest BCUT2D eigenvalue weighted by Gasteiger charge is -2.29. The average molecular weight is 262 g/mol. The van der Waals surface area contributed by atoms with Crippen LogP contribution in [0.25, 0.3) is 0 Å². The Morgan fingerprint density at radius 2 is 1.79 bits per heavy atom. The molecule has 0 radical (unpaired) electrons. The lowest BCUT2D eigenvalue weighted by atomic mass is 10.1. The largest absolute Gasteiger partial charge is 0.379 e. The third kappa shape index (κ3) is 4.94. The molecule has 1 atom stereocenters. The van der Waals surface area contributed by atoms with E-state index < -0.39 is 0 Å². The zero-order chi connectivity index (χ0) is 13.5. The van der Waals surface area contributed by atoms with Crippen molar-refractivity contribution in [3.63, 3.8) is 0 Å². The second-order valence-corrected chi connectivity index (χ2v) is 5.36. The summed E-state index contributed by atoms with van der Waals surface area (Å²) in [5.41, 5.74) is 2.77. The number of nitrogens with zero attached hydrogens (tertiary/aromatic N) is 1. The van der Waals surface area contributed by atoms with E-state index in [0.29, 0.717) is 6.04 Å². The molecular weight excluding hydrogens is 236 g/mol. The molecule has 1 aliphatic rings. The first kappa shape index (κ1) is 14.5. The first-order valence-electron chi connectivity index (χ1n) is 7.39. The second-order valence-electron chi connectivity index (χ2n) is 5.36. The van der Waals surface area contributed by atoms with E-state index in [2.05, 4.69) is 48.3 Å². The first-order valence-corrected chi connectivity index (χ1v) is 7.39. The Hall–Kier alpha value is -0.900. The van der Waals surface area contributed by atoms with Gasteiger partial charge in [0.05, 0.1) is 13.2 Å². The Balaban J connectivity index is 1.71. The van der Waals surface area contributed by atoms with Crippen molar-refractivity contribution < 1.29 is 4.74 Å². The fraction of sp³-hybridized carbons (Fsp3) is 0.625. The highest BCUT2D eigenvalue weighted by Gasteiger charge is 2.13. The monoisotopic (exact) mass is 262 g/mol. The molecule has 1 unspecified atom stereocenters. The molecule has 1 aliphatic heterocycles. The summed E-state index contributed by atoms with van der Waals surface area (Å²) in [6.45, 7) is 10.4. The van der Waals surface area contributed by atoms with Crippen molar-refractivity contribution in [1.29, 1.82) is 0 Å². The van der Waals surface area contributed by atoms with Gasteiger partial charge in [-0.1, -0.05) is 31.2 Å². The predicted octanol–water partition coefficient (Wildman–Crippen LogP) is 2.06. The van der Waals surface area contributed by atoms with Gasteiger partial charge in [0.25, 0.3) is 0 Å². The van der Waals surface area contributed by atoms with Gasteiger partial charge >= 0.3 is 0 Å². The first-order chi connectivity index (χ1) is 9.28. The Bertz CT molecular complexity index is 358. The molecule has 106 valence electrons. The van der Waals surface area contributed by atoms with Crippen LogP contribution >= 0.6 is 0 Å². The van der Waals surface area contributed by atoms with E-state index in [1.165, 1.54) is 11.1 Å². The molecule has 1 saturated heterocycles. The fourth-order valence-electron chi connectivity index (χ4n) is 2.42. The van der Waals surface area contributed by atoms with Crippen LogP contribution in [0.4, 0.5) is 0 Å². The van der Waals surface area contributed by atoms with E-state index in [9.17, 15) is 0 Å². The molecular formula is C16H26N2O. The molecule has 0 aromatic heterocycles. The van der Waals surface area contributed by atoms with E-state index in [0.717, 1.165) is 45.8 Å². The highest BCUT2D eigenvalue weighted by atomic mass is 16.5. The molecule has 3 nitrogen and oxygen atoms in total. The van der Waals surface area contributed by atoms with Crippen LogP contribution < -0.4 is 5.32 Å². The quantitative estimate of drug-likeness (QED) is 0.849. The summed E-state index contributed by atoms with van der Waals surface area (Å²) in [7, 11) is 0. The minimum atomic E-state index is 0.518. The van der Waals surface area contributed by atoms with Crippen molar-refractivity contribution >= 4 is 0 Å². The fourth-order valence-corrected chi connectivity index (χ4v) is 2.42. The van der Waals surface area contributed by atoms with Crippen molar-refractivity contribution in [1.82, 2.24) is 10.2 Å². The second kappa shape index (κ2) is 7.63. The summed E-state index contributed by atoms with van der Waals surface area (Å²) in [4.78, 5) is 2.47. The maximum absolute atomic E-state index is 5.37. The third-order valence-corrected chi connectivity index (χ3v) is 3.72. The third-order valence-electron chi connectivity index (χ3n) is 3.72. The summed E-state index contributed by atoms with van der Waals surface area (Å²) in [5, 5.41) is 3.60. The number of rotatable bonds is 6. The molecule has 0 amide bonds. The zero-order valence-corrected chi connectivity index (χ0v) is 12.2. The Labute approximate surface area is 116 Å². The van der Waals surface area contributed by atoms with Gasteiger partial charge in [-0.15, -0.1) is 0 Å². The number of hydrogen-bond donors (Lipinski definition) is 1. The van der Waals surface area contributed by atoms with Crippen molar-refractivity contribution in [3.05, 3.63) is 35.4 Å². The highest BCUT2D eigenvalue weighted by molar-refractivity contribution is 5.22. The maximum atomic E-state index is 5.37. The maximum Gasteiger partial charge on any atom is 0.0594 e. The van der Waals surface area contributed by atoms with E-state index in [1.807, 2.05) is 0 Å². The summed E-state index contributed by atoms with van der Waals surface area (Å²) in [5.74, 6) is 0. The van der Waals surface area contributed by atoms with Crippen LogP contribution in [0.3, 0.4) is 0 Å². The van der Waals surface area contributed by atoms with E-state index in [4.69, 9.17) is 4.74 Å². The van der Waals surface area contributed by atoms with Crippen molar-refractivity contribution in [2.75, 3.05) is 32.8 Å². The lowest BCUT2D eigenvalue weighted by molar-refractivity contribution is 0.0343. The number of aryl methyl sites for hydroxylation is 1. The average Bonchev–Trinajstić information content (AvgIpc) is 2.47. The molecule has 0 bridgehead atoms. The Kier molecular flexibility index (Phi) is 5.83. The van der Waals surface area contributed by atoms with Gasteiger partial charge < -0.3 is 10.1 Å². The Morgan fingerprint density at radius 1 is 1.16 bits per heavy atom. The number of hydrogen-bond acceptors (Lipinski definition) is 3. The van der Waals surface area contributed by atoms with Crippen molar-refractivity contribution in [2.45, 2.75) is 32.9 Å². The van der Waals surface area contributed by atoms with E-state index in [-0.39, 0.29) is 0 Å². The summed E-state index contributed by atoms with van der Waals surface area (Å²) >= 11 is 0. The number of nitrogens with one attached hydrogen (secondary N) is 1. The van der Waals surface area contributed by atoms with E-state index in [1.54, 1.807) is 0 Å². The number of benzene rings is 1. The Morgan fingerprint density at radius 3 is 2.42 bits per heavy atom. The van der Waals surface area contributed by atoms with Crippen LogP contribution in [-0.2, 0) is 17.7 Å². The number of ether oxygens (including phenoxy) is 1. The molecule has 0 saturated carbocycles. The normalized spacial score (nSPS) is 18.4. The van der Waals surface area contributed by atoms with Gasteiger partial charge in [0, 0.05) is 32.2 Å². The van der Waals surface area contributed by atoms with Crippen LogP contribution in [-0.4, -0.2) is 43.8 Å². The summed E-state index contributed by atoms with van der Waals surface area (Å²) in [6, 6.07) is 9.43. The lowest BCUT2D eigenvalue weighted by Crippen LogP contribution is -2.44. The molecule has 1 heterocycles. The molecule has 1 aromatic carbocycles. The minimum Gasteiger partial charge on any atom is -0.379 e. The molecule has 3 heteroatoms. The van der Waals surface area contributed by atoms with Crippen LogP contribution in [0.1, 0.15) is 25.0 Å². The van der Waals surface area contributed by atoms with Crippen LogP contribution in [0.2, 0.25) is 0 Å². The molecule has 1 aromatic rings. The molecule has 1 fully saturated rings. The van der Waals surface area contributed by atoms with Crippen LogP contribution in [0.5, 0.6) is 0 Å². The summed E-state index contributed by atoms with van der Waals surface area (Å²) < 4.78 is 5.37. The molecule has 0 spiro atoms. The van der Waals surface area contributed by atoms with E-state index >= 15 is 0 Å². The van der Waals surface area contributed by atoms with Gasteiger partial charge in [-0.3, -0.25) is 4.90 Å². The van der Waals surface area contributed by atoms with Gasteiger partial charge in [0.2, 0.25) is 0 Å². The molecule has 0 aliphatic carbocycles. The standard InChI is InChI=1S/C16H26N2O/c1-3-15-4-6-16(7-5-15)12-17-14(2)13-18-8-10-19-11-9-18/h4-7,14,17H,3,8-13H2,1-2H3. The van der Waals surface area contributed by atoms with Crippen LogP contribution in [0.15, 0.2) is 24.3 Å². The van der Waals surface area contributed by atoms with Crippen molar-refractivity contribution in [3.8, 4) is 0 Å². The van der Waals surface area contributed by atoms with Gasteiger partial charge in [-0.2, -0.15) is 0 Å². The van der Waals surface area contributed by atoms with Gasteiger partial charge in [0.15, 0.2) is 0 Å².